The van der Waals surface area contributed by atoms with Gasteiger partial charge in [0.1, 0.15) is 5.01 Å². The van der Waals surface area contributed by atoms with Gasteiger partial charge in [-0.1, -0.05) is 37.8 Å². The average Bonchev–Trinajstić information content (AvgIpc) is 2.98. The fraction of sp³-hybridized carbons (Fsp3) is 0.176. The predicted octanol–water partition coefficient (Wildman–Crippen LogP) is 3.93. The second-order valence-electron chi connectivity index (χ2n) is 4.55. The lowest BCUT2D eigenvalue weighted by atomic mass is 10.1. The van der Waals surface area contributed by atoms with Gasteiger partial charge in [0.2, 0.25) is 0 Å². The lowest BCUT2D eigenvalue weighted by Crippen LogP contribution is -2.02. The van der Waals surface area contributed by atoms with Crippen molar-refractivity contribution in [2.75, 3.05) is 7.05 Å². The van der Waals surface area contributed by atoms with Crippen molar-refractivity contribution in [1.82, 2.24) is 4.98 Å². The van der Waals surface area contributed by atoms with Crippen LogP contribution in [0.4, 0.5) is 0 Å². The van der Waals surface area contributed by atoms with Crippen LogP contribution in [0.25, 0.3) is 16.8 Å². The first-order valence-corrected chi connectivity index (χ1v) is 7.67. The highest BCUT2D eigenvalue weighted by atomic mass is 32.1. The van der Waals surface area contributed by atoms with E-state index in [0.717, 1.165) is 28.3 Å². The Morgan fingerprint density at radius 1 is 1.48 bits per heavy atom. The smallest absolute Gasteiger partial charge is 0.126 e. The second kappa shape index (κ2) is 6.99. The third-order valence-electron chi connectivity index (χ3n) is 3.15. The summed E-state index contributed by atoms with van der Waals surface area (Å²) in [4.78, 5) is 8.62. The molecule has 1 heterocycles. The van der Waals surface area contributed by atoms with Gasteiger partial charge in [-0.2, -0.15) is 0 Å². The van der Waals surface area contributed by atoms with Crippen molar-refractivity contribution in [3.8, 4) is 11.3 Å². The monoisotopic (exact) mass is 297 g/mol. The number of aliphatic imine (C=N–C) groups is 1. The van der Waals surface area contributed by atoms with Crippen molar-refractivity contribution in [2.45, 2.75) is 13.3 Å². The minimum absolute atomic E-state index is 0.579. The lowest BCUT2D eigenvalue weighted by molar-refractivity contribution is 1.14. The molecule has 0 amide bonds. The average molecular weight is 297 g/mol. The molecule has 0 unspecified atom stereocenters. The van der Waals surface area contributed by atoms with Gasteiger partial charge in [-0.3, -0.25) is 4.99 Å². The number of thiazole rings is 1. The SMILES string of the molecule is C=C/C(=C(N)\C=N/C)c1nc(-c2cccc(CC)c2)cs1. The molecule has 0 saturated carbocycles. The Hall–Kier alpha value is -2.20. The van der Waals surface area contributed by atoms with Gasteiger partial charge in [0.15, 0.2) is 0 Å². The fourth-order valence-electron chi connectivity index (χ4n) is 2.02. The third kappa shape index (κ3) is 3.47. The number of benzene rings is 1. The molecule has 108 valence electrons. The Morgan fingerprint density at radius 2 is 2.29 bits per heavy atom. The van der Waals surface area contributed by atoms with E-state index >= 15 is 0 Å². The van der Waals surface area contributed by atoms with Crippen LogP contribution >= 0.6 is 11.3 Å². The second-order valence-corrected chi connectivity index (χ2v) is 5.41. The minimum Gasteiger partial charge on any atom is -0.397 e. The number of allylic oxidation sites excluding steroid dienone is 3. The lowest BCUT2D eigenvalue weighted by Gasteiger charge is -2.01. The zero-order valence-electron chi connectivity index (χ0n) is 12.3. The minimum atomic E-state index is 0.579. The van der Waals surface area contributed by atoms with Crippen molar-refractivity contribution in [3.63, 3.8) is 0 Å². The highest BCUT2D eigenvalue weighted by Gasteiger charge is 2.09. The molecule has 0 saturated heterocycles. The fourth-order valence-corrected chi connectivity index (χ4v) is 2.91. The molecule has 0 radical (unpaired) electrons. The number of aromatic nitrogens is 1. The van der Waals surface area contributed by atoms with Gasteiger partial charge in [-0.15, -0.1) is 11.3 Å². The van der Waals surface area contributed by atoms with Crippen LogP contribution < -0.4 is 5.73 Å². The summed E-state index contributed by atoms with van der Waals surface area (Å²) >= 11 is 1.56. The molecule has 0 spiro atoms. The topological polar surface area (TPSA) is 51.3 Å². The van der Waals surface area contributed by atoms with Gasteiger partial charge < -0.3 is 5.73 Å². The van der Waals surface area contributed by atoms with Gasteiger partial charge in [0.25, 0.3) is 0 Å². The van der Waals surface area contributed by atoms with Crippen LogP contribution in [-0.4, -0.2) is 18.2 Å². The summed E-state index contributed by atoms with van der Waals surface area (Å²) in [7, 11) is 1.69. The molecule has 1 aromatic carbocycles. The number of aryl methyl sites for hydroxylation is 1. The van der Waals surface area contributed by atoms with E-state index in [9.17, 15) is 0 Å². The molecule has 1 aromatic heterocycles. The molecule has 21 heavy (non-hydrogen) atoms. The van der Waals surface area contributed by atoms with Crippen LogP contribution in [-0.2, 0) is 6.42 Å². The summed E-state index contributed by atoms with van der Waals surface area (Å²) in [5.41, 5.74) is 10.8. The van der Waals surface area contributed by atoms with Crippen molar-refractivity contribution in [2.24, 2.45) is 10.7 Å². The molecule has 2 aromatic rings. The first-order chi connectivity index (χ1) is 10.2. The van der Waals surface area contributed by atoms with Crippen LogP contribution in [0, 0.1) is 0 Å². The van der Waals surface area contributed by atoms with Crippen molar-refractivity contribution < 1.29 is 0 Å². The maximum Gasteiger partial charge on any atom is 0.126 e. The third-order valence-corrected chi connectivity index (χ3v) is 4.02. The van der Waals surface area contributed by atoms with Gasteiger partial charge in [-0.05, 0) is 18.1 Å². The summed E-state index contributed by atoms with van der Waals surface area (Å²) in [6.45, 7) is 5.96. The molecule has 0 aliphatic carbocycles. The molecule has 4 heteroatoms. The predicted molar refractivity (Wildman–Crippen MR) is 92.6 cm³/mol. The molecule has 0 atom stereocenters. The molecule has 0 fully saturated rings. The molecular formula is C17H19N3S. The van der Waals surface area contributed by atoms with Crippen LogP contribution in [0.2, 0.25) is 0 Å². The van der Waals surface area contributed by atoms with E-state index in [4.69, 9.17) is 5.73 Å². The zero-order valence-corrected chi connectivity index (χ0v) is 13.2. The maximum absolute atomic E-state index is 5.99. The maximum atomic E-state index is 5.99. The number of rotatable bonds is 5. The van der Waals surface area contributed by atoms with E-state index in [1.54, 1.807) is 30.7 Å². The Labute approximate surface area is 129 Å². The van der Waals surface area contributed by atoms with Crippen molar-refractivity contribution in [1.29, 1.82) is 0 Å². The molecule has 0 aliphatic heterocycles. The van der Waals surface area contributed by atoms with E-state index < -0.39 is 0 Å². The molecule has 0 aliphatic rings. The van der Waals surface area contributed by atoms with Crippen molar-refractivity contribution in [3.05, 3.63) is 58.6 Å². The molecular weight excluding hydrogens is 278 g/mol. The number of hydrogen-bond acceptors (Lipinski definition) is 4. The normalized spacial score (nSPS) is 12.5. The first kappa shape index (κ1) is 15.2. The highest BCUT2D eigenvalue weighted by molar-refractivity contribution is 7.11. The van der Waals surface area contributed by atoms with Gasteiger partial charge in [-0.25, -0.2) is 4.98 Å². The van der Waals surface area contributed by atoms with E-state index in [2.05, 4.69) is 47.7 Å². The van der Waals surface area contributed by atoms with Crippen LogP contribution in [0.15, 0.2) is 53.0 Å². The summed E-state index contributed by atoms with van der Waals surface area (Å²) in [5.74, 6) is 0. The summed E-state index contributed by atoms with van der Waals surface area (Å²) in [5, 5.41) is 2.91. The summed E-state index contributed by atoms with van der Waals surface area (Å²) < 4.78 is 0. The van der Waals surface area contributed by atoms with Gasteiger partial charge >= 0.3 is 0 Å². The number of nitrogens with two attached hydrogens (primary N) is 1. The number of hydrogen-bond donors (Lipinski definition) is 1. The van der Waals surface area contributed by atoms with Crippen molar-refractivity contribution >= 4 is 23.1 Å². The van der Waals surface area contributed by atoms with E-state index in [0.29, 0.717) is 5.70 Å². The van der Waals surface area contributed by atoms with Crippen LogP contribution in [0.3, 0.4) is 0 Å². The van der Waals surface area contributed by atoms with Gasteiger partial charge in [0.05, 0.1) is 11.4 Å². The zero-order chi connectivity index (χ0) is 15.2. The number of nitrogens with zero attached hydrogens (tertiary/aromatic N) is 2. The largest absolute Gasteiger partial charge is 0.397 e. The van der Waals surface area contributed by atoms with E-state index in [-0.39, 0.29) is 0 Å². The summed E-state index contributed by atoms with van der Waals surface area (Å²) in [6.07, 6.45) is 4.36. The Bertz CT molecular complexity index is 696. The Kier molecular flexibility index (Phi) is 5.06. The highest BCUT2D eigenvalue weighted by Crippen LogP contribution is 2.27. The molecule has 0 bridgehead atoms. The Morgan fingerprint density at radius 3 is 2.95 bits per heavy atom. The quantitative estimate of drug-likeness (QED) is 0.671. The molecule has 2 rings (SSSR count). The van der Waals surface area contributed by atoms with Crippen LogP contribution in [0.5, 0.6) is 0 Å². The molecule has 2 N–H and O–H groups in total. The standard InChI is InChI=1S/C17H19N3S/c1-4-12-7-6-8-13(9-12)16-11-21-17(20-16)14(5-2)15(18)10-19-3/h5-11H,2,4,18H2,1,3H3/b15-14-,19-10-. The Balaban J connectivity index is 2.41. The van der Waals surface area contributed by atoms with Crippen LogP contribution in [0.1, 0.15) is 17.5 Å². The first-order valence-electron chi connectivity index (χ1n) is 6.79. The summed E-state index contributed by atoms with van der Waals surface area (Å²) in [6, 6.07) is 8.44. The molecule has 3 nitrogen and oxygen atoms in total. The van der Waals surface area contributed by atoms with Gasteiger partial charge in [0, 0.05) is 29.8 Å². The van der Waals surface area contributed by atoms with E-state index in [1.807, 2.05) is 5.38 Å². The van der Waals surface area contributed by atoms with E-state index in [1.165, 1.54) is 5.56 Å².